The molecule has 1 saturated heterocycles. The van der Waals surface area contributed by atoms with Gasteiger partial charge >= 0.3 is 0 Å². The van der Waals surface area contributed by atoms with Gasteiger partial charge in [0.25, 0.3) is 0 Å². The van der Waals surface area contributed by atoms with Crippen molar-refractivity contribution in [3.63, 3.8) is 0 Å². The molecule has 2 atom stereocenters. The first-order valence-corrected chi connectivity index (χ1v) is 6.24. The highest BCUT2D eigenvalue weighted by molar-refractivity contribution is 5.30. The molecule has 2 rings (SSSR count). The number of methoxy groups -OCH3 is 1. The quantitative estimate of drug-likeness (QED) is 0.850. The van der Waals surface area contributed by atoms with Gasteiger partial charge in [-0.1, -0.05) is 12.1 Å². The van der Waals surface area contributed by atoms with Crippen molar-refractivity contribution >= 4 is 0 Å². The van der Waals surface area contributed by atoms with Crippen LogP contribution in [0.1, 0.15) is 24.9 Å². The van der Waals surface area contributed by atoms with Crippen molar-refractivity contribution in [3.05, 3.63) is 29.8 Å². The Hall–Kier alpha value is -1.06. The topological polar surface area (TPSA) is 30.5 Å². The molecule has 0 aromatic heterocycles. The fraction of sp³-hybridized carbons (Fsp3) is 0.571. The van der Waals surface area contributed by atoms with Crippen LogP contribution < -0.4 is 10.1 Å². The lowest BCUT2D eigenvalue weighted by Gasteiger charge is -2.17. The van der Waals surface area contributed by atoms with Gasteiger partial charge in [0.05, 0.1) is 13.7 Å². The summed E-state index contributed by atoms with van der Waals surface area (Å²) >= 11 is 0. The van der Waals surface area contributed by atoms with Crippen molar-refractivity contribution in [2.75, 3.05) is 26.9 Å². The number of hydrogen-bond acceptors (Lipinski definition) is 3. The van der Waals surface area contributed by atoms with E-state index in [1.165, 1.54) is 12.0 Å². The Balaban J connectivity index is 1.87. The molecule has 1 aromatic carbocycles. The van der Waals surface area contributed by atoms with E-state index in [9.17, 15) is 0 Å². The van der Waals surface area contributed by atoms with Crippen molar-refractivity contribution in [2.45, 2.75) is 19.4 Å². The van der Waals surface area contributed by atoms with Crippen LogP contribution in [0.5, 0.6) is 5.75 Å². The number of benzene rings is 1. The highest BCUT2D eigenvalue weighted by Gasteiger charge is 2.16. The van der Waals surface area contributed by atoms with Gasteiger partial charge in [-0.15, -0.1) is 0 Å². The summed E-state index contributed by atoms with van der Waals surface area (Å²) in [6.45, 7) is 5.03. The lowest BCUT2D eigenvalue weighted by atomic mass is 10.1. The van der Waals surface area contributed by atoms with E-state index in [1.807, 2.05) is 12.1 Å². The summed E-state index contributed by atoms with van der Waals surface area (Å²) in [5, 5.41) is 3.56. The van der Waals surface area contributed by atoms with Crippen molar-refractivity contribution in [1.82, 2.24) is 5.32 Å². The smallest absolute Gasteiger partial charge is 0.119 e. The predicted molar refractivity (Wildman–Crippen MR) is 68.3 cm³/mol. The van der Waals surface area contributed by atoms with Gasteiger partial charge in [-0.3, -0.25) is 0 Å². The predicted octanol–water partition coefficient (Wildman–Crippen LogP) is 2.38. The summed E-state index contributed by atoms with van der Waals surface area (Å²) in [7, 11) is 1.70. The highest BCUT2D eigenvalue weighted by atomic mass is 16.5. The summed E-state index contributed by atoms with van der Waals surface area (Å²) in [5.41, 5.74) is 1.27. The standard InChI is InChI=1S/C14H21NO2/c1-11(15-9-12-6-7-17-10-12)13-4-3-5-14(8-13)16-2/h3-5,8,11-12,15H,6-7,9-10H2,1-2H3/t11-,12?/m1/s1. The SMILES string of the molecule is COc1cccc([C@@H](C)NCC2CCOC2)c1. The zero-order chi connectivity index (χ0) is 12.1. The van der Waals surface area contributed by atoms with Crippen molar-refractivity contribution in [1.29, 1.82) is 0 Å². The second-order valence-corrected chi connectivity index (χ2v) is 4.64. The molecule has 3 nitrogen and oxygen atoms in total. The molecule has 94 valence electrons. The summed E-state index contributed by atoms with van der Waals surface area (Å²) < 4.78 is 10.6. The van der Waals surface area contributed by atoms with E-state index in [0.717, 1.165) is 25.5 Å². The van der Waals surface area contributed by atoms with Gasteiger partial charge in [0, 0.05) is 19.2 Å². The fourth-order valence-electron chi connectivity index (χ4n) is 2.12. The van der Waals surface area contributed by atoms with Crippen molar-refractivity contribution in [3.8, 4) is 5.75 Å². The van der Waals surface area contributed by atoms with Gasteiger partial charge < -0.3 is 14.8 Å². The van der Waals surface area contributed by atoms with Crippen LogP contribution in [0.15, 0.2) is 24.3 Å². The first-order valence-electron chi connectivity index (χ1n) is 6.24. The molecule has 0 amide bonds. The molecule has 17 heavy (non-hydrogen) atoms. The molecule has 1 N–H and O–H groups in total. The summed E-state index contributed by atoms with van der Waals surface area (Å²) in [5.74, 6) is 1.59. The number of nitrogens with one attached hydrogen (secondary N) is 1. The normalized spacial score (nSPS) is 21.4. The molecule has 0 radical (unpaired) electrons. The monoisotopic (exact) mass is 235 g/mol. The van der Waals surface area contributed by atoms with E-state index in [-0.39, 0.29) is 0 Å². The molecule has 0 spiro atoms. The van der Waals surface area contributed by atoms with E-state index in [0.29, 0.717) is 12.0 Å². The molecule has 0 bridgehead atoms. The maximum absolute atomic E-state index is 5.37. The Bertz CT molecular complexity index is 348. The average Bonchev–Trinajstić information content (AvgIpc) is 2.89. The summed E-state index contributed by atoms with van der Waals surface area (Å²) in [4.78, 5) is 0. The third-order valence-electron chi connectivity index (χ3n) is 3.33. The minimum atomic E-state index is 0.352. The minimum Gasteiger partial charge on any atom is -0.497 e. The van der Waals surface area contributed by atoms with Crippen LogP contribution in [0.4, 0.5) is 0 Å². The van der Waals surface area contributed by atoms with Crippen molar-refractivity contribution < 1.29 is 9.47 Å². The van der Waals surface area contributed by atoms with Gasteiger partial charge in [-0.2, -0.15) is 0 Å². The molecule has 0 saturated carbocycles. The van der Waals surface area contributed by atoms with E-state index in [1.54, 1.807) is 7.11 Å². The fourth-order valence-corrected chi connectivity index (χ4v) is 2.12. The molecule has 3 heteroatoms. The molecular weight excluding hydrogens is 214 g/mol. The molecule has 1 aromatic rings. The lowest BCUT2D eigenvalue weighted by Crippen LogP contribution is -2.25. The van der Waals surface area contributed by atoms with E-state index in [2.05, 4.69) is 24.4 Å². The molecule has 1 aliphatic heterocycles. The first kappa shape index (κ1) is 12.4. The second-order valence-electron chi connectivity index (χ2n) is 4.64. The van der Waals surface area contributed by atoms with Crippen LogP contribution in [0.2, 0.25) is 0 Å². The Morgan fingerprint density at radius 1 is 1.53 bits per heavy atom. The van der Waals surface area contributed by atoms with Gasteiger partial charge in [-0.05, 0) is 37.0 Å². The van der Waals surface area contributed by atoms with Gasteiger partial charge in [0.1, 0.15) is 5.75 Å². The molecule has 1 unspecified atom stereocenters. The minimum absolute atomic E-state index is 0.352. The summed E-state index contributed by atoms with van der Waals surface area (Å²) in [6, 6.07) is 8.57. The third kappa shape index (κ3) is 3.45. The maximum Gasteiger partial charge on any atom is 0.119 e. The zero-order valence-corrected chi connectivity index (χ0v) is 10.6. The van der Waals surface area contributed by atoms with Crippen LogP contribution >= 0.6 is 0 Å². The lowest BCUT2D eigenvalue weighted by molar-refractivity contribution is 0.184. The van der Waals surface area contributed by atoms with Gasteiger partial charge in [-0.25, -0.2) is 0 Å². The van der Waals surface area contributed by atoms with Gasteiger partial charge in [0.15, 0.2) is 0 Å². The van der Waals surface area contributed by atoms with E-state index >= 15 is 0 Å². The second kappa shape index (κ2) is 6.03. The molecule has 1 aliphatic rings. The van der Waals surface area contributed by atoms with Crippen LogP contribution in [-0.4, -0.2) is 26.9 Å². The largest absolute Gasteiger partial charge is 0.497 e. The zero-order valence-electron chi connectivity index (χ0n) is 10.6. The Morgan fingerprint density at radius 2 is 2.41 bits per heavy atom. The first-order chi connectivity index (χ1) is 8.29. The van der Waals surface area contributed by atoms with Crippen LogP contribution in [0, 0.1) is 5.92 Å². The van der Waals surface area contributed by atoms with Crippen LogP contribution in [0.3, 0.4) is 0 Å². The average molecular weight is 235 g/mol. The number of rotatable bonds is 5. The molecular formula is C14H21NO2. The summed E-state index contributed by atoms with van der Waals surface area (Å²) in [6.07, 6.45) is 1.18. The van der Waals surface area contributed by atoms with E-state index < -0.39 is 0 Å². The Morgan fingerprint density at radius 3 is 3.12 bits per heavy atom. The molecule has 1 heterocycles. The highest BCUT2D eigenvalue weighted by Crippen LogP contribution is 2.19. The maximum atomic E-state index is 5.37. The van der Waals surface area contributed by atoms with Crippen LogP contribution in [0.25, 0.3) is 0 Å². The van der Waals surface area contributed by atoms with E-state index in [4.69, 9.17) is 9.47 Å². The number of hydrogen-bond donors (Lipinski definition) is 1. The molecule has 1 fully saturated rings. The van der Waals surface area contributed by atoms with Crippen LogP contribution in [-0.2, 0) is 4.74 Å². The third-order valence-corrected chi connectivity index (χ3v) is 3.33. The molecule has 0 aliphatic carbocycles. The van der Waals surface area contributed by atoms with Crippen molar-refractivity contribution in [2.24, 2.45) is 5.92 Å². The Kier molecular flexibility index (Phi) is 4.40. The Labute approximate surface area is 103 Å². The number of ether oxygens (including phenoxy) is 2. The van der Waals surface area contributed by atoms with Gasteiger partial charge in [0.2, 0.25) is 0 Å².